The normalized spacial score (nSPS) is 20.1. The van der Waals surface area contributed by atoms with Gasteiger partial charge in [0.15, 0.2) is 0 Å². The Morgan fingerprint density at radius 1 is 1.48 bits per heavy atom. The monoisotopic (exact) mass is 292 g/mol. The van der Waals surface area contributed by atoms with Crippen LogP contribution in [0.25, 0.3) is 0 Å². The van der Waals surface area contributed by atoms with E-state index in [1.807, 2.05) is 6.92 Å². The van der Waals surface area contributed by atoms with Crippen LogP contribution in [0.4, 0.5) is 5.69 Å². The summed E-state index contributed by atoms with van der Waals surface area (Å²) in [6, 6.07) is 6.94. The number of carbonyl (C=O) groups excluding carboxylic acids is 1. The topological polar surface area (TPSA) is 92.9 Å². The minimum atomic E-state index is -1.09. The zero-order valence-electron chi connectivity index (χ0n) is 12.2. The number of nitrogens with two attached hydrogens (primary N) is 1. The lowest BCUT2D eigenvalue weighted by atomic mass is 9.85. The highest BCUT2D eigenvalue weighted by atomic mass is 16.5. The Balaban J connectivity index is 2.42. The van der Waals surface area contributed by atoms with Gasteiger partial charge in [-0.2, -0.15) is 0 Å². The van der Waals surface area contributed by atoms with E-state index in [4.69, 9.17) is 10.5 Å². The first kappa shape index (κ1) is 15.3. The van der Waals surface area contributed by atoms with Gasteiger partial charge in [-0.25, -0.2) is 4.79 Å². The fraction of sp³-hybridized carbons (Fsp3) is 0.467. The number of ether oxygens (including phenoxy) is 1. The molecule has 2 rings (SSSR count). The van der Waals surface area contributed by atoms with E-state index in [2.05, 4.69) is 0 Å². The predicted molar refractivity (Wildman–Crippen MR) is 78.3 cm³/mol. The lowest BCUT2D eigenvalue weighted by Crippen LogP contribution is -2.53. The molecule has 1 aromatic carbocycles. The van der Waals surface area contributed by atoms with Gasteiger partial charge in [0.25, 0.3) is 0 Å². The standard InChI is InChI=1S/C15H20N2O4/c1-3-15(2,9-16)14(20)17-8-12(13(18)19)21-11-7-5-4-6-10(11)17/h4-7,12H,3,8-9,16H2,1-2H3,(H,18,19). The number of rotatable bonds is 4. The molecule has 1 aromatic rings. The summed E-state index contributed by atoms with van der Waals surface area (Å²) in [6.07, 6.45) is -0.484. The predicted octanol–water partition coefficient (Wildman–Crippen LogP) is 1.24. The van der Waals surface area contributed by atoms with E-state index in [1.54, 1.807) is 31.2 Å². The molecule has 1 amide bonds. The Morgan fingerprint density at radius 3 is 2.71 bits per heavy atom. The summed E-state index contributed by atoms with van der Waals surface area (Å²) < 4.78 is 5.43. The fourth-order valence-corrected chi connectivity index (χ4v) is 2.26. The number of hydrogen-bond acceptors (Lipinski definition) is 4. The molecule has 0 aliphatic carbocycles. The molecule has 6 nitrogen and oxygen atoms in total. The van der Waals surface area contributed by atoms with Crippen molar-refractivity contribution >= 4 is 17.6 Å². The number of para-hydroxylation sites is 2. The van der Waals surface area contributed by atoms with Crippen LogP contribution in [0.2, 0.25) is 0 Å². The Hall–Kier alpha value is -2.08. The van der Waals surface area contributed by atoms with Crippen molar-refractivity contribution in [2.45, 2.75) is 26.4 Å². The van der Waals surface area contributed by atoms with Crippen LogP contribution in [-0.2, 0) is 9.59 Å². The van der Waals surface area contributed by atoms with Crippen molar-refractivity contribution < 1.29 is 19.4 Å². The molecule has 0 fully saturated rings. The van der Waals surface area contributed by atoms with Gasteiger partial charge in [0.2, 0.25) is 12.0 Å². The summed E-state index contributed by atoms with van der Waals surface area (Å²) in [6.45, 7) is 3.88. The molecule has 0 saturated carbocycles. The molecule has 0 aromatic heterocycles. The lowest BCUT2D eigenvalue weighted by Gasteiger charge is -2.38. The van der Waals surface area contributed by atoms with Gasteiger partial charge in [0, 0.05) is 6.54 Å². The number of carbonyl (C=O) groups is 2. The first-order valence-corrected chi connectivity index (χ1v) is 6.93. The number of hydrogen-bond donors (Lipinski definition) is 2. The first-order valence-electron chi connectivity index (χ1n) is 6.93. The maximum atomic E-state index is 12.8. The van der Waals surface area contributed by atoms with Crippen molar-refractivity contribution in [3.05, 3.63) is 24.3 Å². The minimum Gasteiger partial charge on any atom is -0.478 e. The van der Waals surface area contributed by atoms with Gasteiger partial charge in [-0.05, 0) is 25.5 Å². The molecule has 1 aliphatic heterocycles. The molecule has 2 unspecified atom stereocenters. The van der Waals surface area contributed by atoms with Crippen molar-refractivity contribution in [1.29, 1.82) is 0 Å². The summed E-state index contributed by atoms with van der Waals surface area (Å²) in [5, 5.41) is 9.19. The van der Waals surface area contributed by atoms with Crippen LogP contribution in [0, 0.1) is 5.41 Å². The van der Waals surface area contributed by atoms with Gasteiger partial charge < -0.3 is 20.5 Å². The molecular weight excluding hydrogens is 272 g/mol. The number of nitrogens with zero attached hydrogens (tertiary/aromatic N) is 1. The maximum Gasteiger partial charge on any atom is 0.346 e. The molecule has 0 bridgehead atoms. The zero-order valence-corrected chi connectivity index (χ0v) is 12.2. The summed E-state index contributed by atoms with van der Waals surface area (Å²) in [4.78, 5) is 25.5. The number of anilines is 1. The average molecular weight is 292 g/mol. The van der Waals surface area contributed by atoms with Crippen LogP contribution in [0.5, 0.6) is 5.75 Å². The van der Waals surface area contributed by atoms with Gasteiger partial charge in [-0.15, -0.1) is 0 Å². The Kier molecular flexibility index (Phi) is 4.18. The number of amides is 1. The summed E-state index contributed by atoms with van der Waals surface area (Å²) in [5.41, 5.74) is 5.62. The third-order valence-corrected chi connectivity index (χ3v) is 4.04. The maximum absolute atomic E-state index is 12.8. The van der Waals surface area contributed by atoms with Crippen LogP contribution in [0.3, 0.4) is 0 Å². The number of aliphatic carboxylic acids is 1. The van der Waals surface area contributed by atoms with Crippen LogP contribution in [0.1, 0.15) is 20.3 Å². The second-order valence-electron chi connectivity index (χ2n) is 5.45. The van der Waals surface area contributed by atoms with E-state index in [-0.39, 0.29) is 19.0 Å². The van der Waals surface area contributed by atoms with Gasteiger partial charge in [0.1, 0.15) is 5.75 Å². The summed E-state index contributed by atoms with van der Waals surface area (Å²) >= 11 is 0. The van der Waals surface area contributed by atoms with Gasteiger partial charge >= 0.3 is 5.97 Å². The largest absolute Gasteiger partial charge is 0.478 e. The average Bonchev–Trinajstić information content (AvgIpc) is 2.52. The second kappa shape index (κ2) is 5.73. The molecule has 1 heterocycles. The lowest BCUT2D eigenvalue weighted by molar-refractivity contribution is -0.145. The molecule has 21 heavy (non-hydrogen) atoms. The second-order valence-corrected chi connectivity index (χ2v) is 5.45. The number of fused-ring (bicyclic) bond motifs is 1. The molecular formula is C15H20N2O4. The molecule has 0 radical (unpaired) electrons. The van der Waals surface area contributed by atoms with Crippen LogP contribution in [0.15, 0.2) is 24.3 Å². The highest BCUT2D eigenvalue weighted by Gasteiger charge is 2.40. The quantitative estimate of drug-likeness (QED) is 0.871. The van der Waals surface area contributed by atoms with E-state index < -0.39 is 17.5 Å². The van der Waals surface area contributed by atoms with Gasteiger partial charge in [-0.3, -0.25) is 4.79 Å². The molecule has 0 saturated heterocycles. The Morgan fingerprint density at radius 2 is 2.14 bits per heavy atom. The molecule has 6 heteroatoms. The van der Waals surface area contributed by atoms with E-state index in [9.17, 15) is 14.7 Å². The van der Waals surface area contributed by atoms with E-state index in [0.29, 0.717) is 17.9 Å². The Labute approximate surface area is 123 Å². The molecule has 2 atom stereocenters. The highest BCUT2D eigenvalue weighted by Crippen LogP contribution is 2.36. The SMILES string of the molecule is CCC(C)(CN)C(=O)N1CC(C(=O)O)Oc2ccccc21. The first-order chi connectivity index (χ1) is 9.92. The third kappa shape index (κ3) is 2.71. The molecule has 3 N–H and O–H groups in total. The van der Waals surface area contributed by atoms with Crippen molar-refractivity contribution in [3.63, 3.8) is 0 Å². The molecule has 114 valence electrons. The van der Waals surface area contributed by atoms with Crippen molar-refractivity contribution in [2.75, 3.05) is 18.0 Å². The third-order valence-electron chi connectivity index (χ3n) is 4.04. The number of carboxylic acids is 1. The Bertz CT molecular complexity index is 554. The van der Waals surface area contributed by atoms with Gasteiger partial charge in [-0.1, -0.05) is 19.1 Å². The number of carboxylic acid groups (broad SMARTS) is 1. The molecule has 0 spiro atoms. The van der Waals surface area contributed by atoms with Crippen LogP contribution >= 0.6 is 0 Å². The van der Waals surface area contributed by atoms with E-state index in [1.165, 1.54) is 4.90 Å². The zero-order chi connectivity index (χ0) is 15.6. The van der Waals surface area contributed by atoms with Crippen LogP contribution < -0.4 is 15.4 Å². The minimum absolute atomic E-state index is 0.0131. The highest BCUT2D eigenvalue weighted by molar-refractivity contribution is 6.00. The van der Waals surface area contributed by atoms with Crippen LogP contribution in [-0.4, -0.2) is 36.2 Å². The summed E-state index contributed by atoms with van der Waals surface area (Å²) in [7, 11) is 0. The smallest absolute Gasteiger partial charge is 0.346 e. The van der Waals surface area contributed by atoms with Crippen molar-refractivity contribution in [3.8, 4) is 5.75 Å². The number of benzene rings is 1. The van der Waals surface area contributed by atoms with E-state index in [0.717, 1.165) is 0 Å². The summed E-state index contributed by atoms with van der Waals surface area (Å²) in [5.74, 6) is -0.859. The molecule has 1 aliphatic rings. The fourth-order valence-electron chi connectivity index (χ4n) is 2.26. The van der Waals surface area contributed by atoms with Crippen molar-refractivity contribution in [1.82, 2.24) is 0 Å². The van der Waals surface area contributed by atoms with E-state index >= 15 is 0 Å². The van der Waals surface area contributed by atoms with Gasteiger partial charge in [0.05, 0.1) is 17.6 Å². The van der Waals surface area contributed by atoms with Crippen molar-refractivity contribution in [2.24, 2.45) is 11.1 Å².